The summed E-state index contributed by atoms with van der Waals surface area (Å²) < 4.78 is 1.14. The molecule has 0 aliphatic heterocycles. The smallest absolute Gasteiger partial charge is 0.422 e. The number of hydrogen-bond acceptors (Lipinski definition) is 2. The number of aryl methyl sites for hydroxylation is 2. The van der Waals surface area contributed by atoms with Gasteiger partial charge >= 0.3 is 7.12 Å². The van der Waals surface area contributed by atoms with Crippen LogP contribution in [-0.4, -0.2) is 17.2 Å². The fraction of sp³-hybridized carbons (Fsp3) is 0.0588. The van der Waals surface area contributed by atoms with Crippen molar-refractivity contribution in [3.05, 3.63) is 148 Å². The van der Waals surface area contributed by atoms with Gasteiger partial charge < -0.3 is 10.0 Å². The summed E-state index contributed by atoms with van der Waals surface area (Å²) in [4.78, 5) is 0. The van der Waals surface area contributed by atoms with Crippen molar-refractivity contribution in [1.82, 2.24) is 0 Å². The zero-order valence-corrected chi connectivity index (χ0v) is 27.4. The molecule has 2 N–H and O–H groups in total. The molecular formula is C34H29BBrNoO2Pd+. The average molecular weight is 926 g/mol. The molecule has 0 bridgehead atoms. The van der Waals surface area contributed by atoms with Gasteiger partial charge in [0.25, 0.3) is 0 Å². The fourth-order valence-corrected chi connectivity index (χ4v) is 4.42. The second kappa shape index (κ2) is 15.5. The summed E-state index contributed by atoms with van der Waals surface area (Å²) in [5, 5.41) is 20.7. The van der Waals surface area contributed by atoms with Gasteiger partial charge in [-0.2, -0.15) is 0 Å². The predicted octanol–water partition coefficient (Wildman–Crippen LogP) is 7.78. The third kappa shape index (κ3) is 8.44. The second-order valence-electron chi connectivity index (χ2n) is 9.06. The molecule has 0 fully saturated rings. The molecule has 0 spiro atoms. The van der Waals surface area contributed by atoms with Gasteiger partial charge in [0, 0.05) is 36.4 Å². The molecule has 0 amide bonds. The van der Waals surface area contributed by atoms with Crippen molar-refractivity contribution in [3.63, 3.8) is 0 Å². The molecule has 6 heteroatoms. The topological polar surface area (TPSA) is 40.5 Å². The van der Waals surface area contributed by atoms with Crippen LogP contribution in [0.1, 0.15) is 22.3 Å². The normalized spacial score (nSPS) is 10.3. The Morgan fingerprint density at radius 3 is 1.95 bits per heavy atom. The van der Waals surface area contributed by atoms with Gasteiger partial charge in [-0.25, -0.2) is 0 Å². The van der Waals surface area contributed by atoms with Gasteiger partial charge in [0.1, 0.15) is 12.2 Å². The van der Waals surface area contributed by atoms with Crippen LogP contribution in [0.25, 0.3) is 34.1 Å². The molecule has 210 valence electrons. The minimum atomic E-state index is -1.42. The van der Waals surface area contributed by atoms with Crippen molar-refractivity contribution in [3.8, 4) is 11.1 Å². The summed E-state index contributed by atoms with van der Waals surface area (Å²) in [6.07, 6.45) is 8.35. The van der Waals surface area contributed by atoms with E-state index in [9.17, 15) is 0 Å². The molecule has 0 saturated heterocycles. The Hall–Kier alpha value is -4.12. The second-order valence-corrected chi connectivity index (χ2v) is 9.97. The van der Waals surface area contributed by atoms with Crippen LogP contribution < -0.4 is 5.46 Å². The Balaban J connectivity index is 0.000000218. The van der Waals surface area contributed by atoms with Gasteiger partial charge in [0.15, 0.2) is 0 Å². The summed E-state index contributed by atoms with van der Waals surface area (Å²) in [5.74, 6) is 0. The van der Waals surface area contributed by atoms with Gasteiger partial charge in [-0.15, -0.1) is 0 Å². The maximum absolute atomic E-state index is 9.06. The van der Waals surface area contributed by atoms with E-state index in [0.717, 1.165) is 15.6 Å². The van der Waals surface area contributed by atoms with E-state index in [-0.39, 0.29) is 20.4 Å². The van der Waals surface area contributed by atoms with Crippen LogP contribution in [0, 0.1) is 19.9 Å². The third-order valence-corrected chi connectivity index (χ3v) is 6.73. The summed E-state index contributed by atoms with van der Waals surface area (Å²) in [5.41, 5.74) is 7.54. The standard InChI is InChI=1S/C17H14.C10H8BO2.C7H7Br.No.Pd/c1-13-9-11-15(12-10-13)17-8-4-6-14-5-2-3-7-16(14)17;12-11(13)10-7-3-5-8-4-1-2-6-9(8)10;1-6-2-4-7(8)5-3-6;;/h2-12H,1H3;1,3-7,12-13H;2-5H,1H3;;/q;+1;;;. The maximum atomic E-state index is 9.06. The van der Waals surface area contributed by atoms with E-state index in [2.05, 4.69) is 115 Å². The molecule has 0 heterocycles. The van der Waals surface area contributed by atoms with E-state index >= 15 is 0 Å². The Morgan fingerprint density at radius 1 is 0.700 bits per heavy atom. The minimum absolute atomic E-state index is 0. The average Bonchev–Trinajstić information content (AvgIpc) is 2.95. The number of allylic oxidation sites excluding steroid dienone is 2. The van der Waals surface area contributed by atoms with E-state index in [0.29, 0.717) is 5.46 Å². The van der Waals surface area contributed by atoms with Crippen LogP contribution >= 0.6 is 15.9 Å². The maximum Gasteiger partial charge on any atom is 0.503 e. The Labute approximate surface area is 253 Å². The van der Waals surface area contributed by atoms with Crippen LogP contribution in [0.3, 0.4) is 0 Å². The number of rotatable bonds is 2. The first-order valence-corrected chi connectivity index (χ1v) is 13.2. The molecule has 5 aromatic carbocycles. The molecule has 0 radical (unpaired) electrons. The molecule has 6 rings (SSSR count). The minimum Gasteiger partial charge on any atom is -0.422 e. The molecule has 2 nitrogen and oxygen atoms in total. The Bertz CT molecular complexity index is 1540. The van der Waals surface area contributed by atoms with Gasteiger partial charge in [0.05, 0.1) is 17.2 Å². The molecule has 0 aromatic heterocycles. The van der Waals surface area contributed by atoms with Crippen molar-refractivity contribution in [1.29, 1.82) is 0 Å². The van der Waals surface area contributed by atoms with E-state index in [4.69, 9.17) is 10.0 Å². The fourth-order valence-electron chi connectivity index (χ4n) is 4.15. The quantitative estimate of drug-likeness (QED) is 0.141. The van der Waals surface area contributed by atoms with Crippen molar-refractivity contribution in [2.45, 2.75) is 13.8 Å². The summed E-state index contributed by atoms with van der Waals surface area (Å²) in [6, 6.07) is 37.4. The molecule has 1 aliphatic rings. The van der Waals surface area contributed by atoms with Crippen LogP contribution in [0.2, 0.25) is 0 Å². The molecule has 1 aliphatic carbocycles. The van der Waals surface area contributed by atoms with Crippen molar-refractivity contribution >= 4 is 51.4 Å². The summed E-state index contributed by atoms with van der Waals surface area (Å²) >= 11 is 3.35. The number of benzene rings is 5. The monoisotopic (exact) mass is 924 g/mol. The first-order chi connectivity index (χ1) is 18.4. The van der Waals surface area contributed by atoms with E-state index in [1.807, 2.05) is 24.3 Å². The molecule has 0 atom stereocenters. The molecule has 5 aromatic rings. The van der Waals surface area contributed by atoms with Crippen LogP contribution in [0.4, 0.5) is 0 Å². The van der Waals surface area contributed by atoms with E-state index in [1.165, 1.54) is 33.0 Å². The first-order valence-electron chi connectivity index (χ1n) is 12.4. The van der Waals surface area contributed by atoms with E-state index < -0.39 is 7.12 Å². The van der Waals surface area contributed by atoms with Gasteiger partial charge in [-0.05, 0) is 60.0 Å². The molecule has 0 unspecified atom stereocenters. The van der Waals surface area contributed by atoms with E-state index in [1.54, 1.807) is 24.3 Å². The summed E-state index contributed by atoms with van der Waals surface area (Å²) in [7, 11) is -1.42. The summed E-state index contributed by atoms with van der Waals surface area (Å²) in [6.45, 7) is 4.19. The Kier molecular flexibility index (Phi) is 12.4. The SMILES string of the molecule is Cc1ccc(-c2cccc3ccccc23)cc1.Cc1ccc(Br)cc1.OB(O)c1cccc2c1C=[C+]C=C2.[No].[Pd]. The first kappa shape index (κ1) is 32.1. The van der Waals surface area contributed by atoms with Crippen molar-refractivity contribution in [2.75, 3.05) is 0 Å². The zero-order chi connectivity index (χ0) is 26.9. The van der Waals surface area contributed by atoms with Crippen molar-refractivity contribution in [2.24, 2.45) is 0 Å². The zero-order valence-electron chi connectivity index (χ0n) is 22.1. The molecule has 40 heavy (non-hydrogen) atoms. The van der Waals surface area contributed by atoms with Crippen LogP contribution in [0.15, 0.2) is 120 Å². The van der Waals surface area contributed by atoms with Crippen molar-refractivity contribution < 1.29 is 30.5 Å². The van der Waals surface area contributed by atoms with Crippen LogP contribution in [-0.2, 0) is 20.4 Å². The largest absolute Gasteiger partial charge is 0.503 e. The molecule has 0 saturated carbocycles. The van der Waals surface area contributed by atoms with Gasteiger partial charge in [-0.3, -0.25) is 0 Å². The number of halogens is 1. The van der Waals surface area contributed by atoms with Crippen LogP contribution in [0.5, 0.6) is 0 Å². The van der Waals surface area contributed by atoms with Gasteiger partial charge in [0.2, 0.25) is 0 Å². The van der Waals surface area contributed by atoms with Gasteiger partial charge in [-0.1, -0.05) is 112 Å². The number of fused-ring (bicyclic) bond motifs is 2. The third-order valence-electron chi connectivity index (χ3n) is 6.20. The Morgan fingerprint density at radius 2 is 1.30 bits per heavy atom. The number of hydrogen-bond donors (Lipinski definition) is 2. The predicted molar refractivity (Wildman–Crippen MR) is 166 cm³/mol. The molecular weight excluding hydrogens is 897 g/mol.